The van der Waals surface area contributed by atoms with Gasteiger partial charge < -0.3 is 5.32 Å². The molecule has 25 heavy (non-hydrogen) atoms. The van der Waals surface area contributed by atoms with Crippen LogP contribution < -0.4 is 5.32 Å². The Balaban J connectivity index is 1.49. The third-order valence-corrected chi connectivity index (χ3v) is 5.53. The van der Waals surface area contributed by atoms with Gasteiger partial charge in [0.1, 0.15) is 0 Å². The van der Waals surface area contributed by atoms with E-state index in [-0.39, 0.29) is 5.91 Å². The second-order valence-electron chi connectivity index (χ2n) is 6.70. The third-order valence-electron chi connectivity index (χ3n) is 4.52. The van der Waals surface area contributed by atoms with Crippen molar-refractivity contribution < 1.29 is 4.79 Å². The van der Waals surface area contributed by atoms with Gasteiger partial charge in [-0.05, 0) is 50.5 Å². The number of nitrogens with zero attached hydrogens (tertiary/aromatic N) is 1. The molecule has 1 aromatic heterocycles. The van der Waals surface area contributed by atoms with Gasteiger partial charge in [-0.1, -0.05) is 29.8 Å². The van der Waals surface area contributed by atoms with Gasteiger partial charge >= 0.3 is 0 Å². The minimum absolute atomic E-state index is 0.0875. The van der Waals surface area contributed by atoms with Crippen molar-refractivity contribution in [2.45, 2.75) is 32.6 Å². The van der Waals surface area contributed by atoms with Crippen LogP contribution in [0.1, 0.15) is 45.3 Å². The van der Waals surface area contributed by atoms with Crippen LogP contribution >= 0.6 is 11.3 Å². The van der Waals surface area contributed by atoms with Gasteiger partial charge in [-0.2, -0.15) is 0 Å². The average molecular weight is 348 g/mol. The lowest BCUT2D eigenvalue weighted by molar-refractivity contribution is 0.102. The van der Waals surface area contributed by atoms with Crippen molar-refractivity contribution in [2.75, 3.05) is 5.32 Å². The van der Waals surface area contributed by atoms with E-state index < -0.39 is 0 Å². The minimum atomic E-state index is -0.0875. The summed E-state index contributed by atoms with van der Waals surface area (Å²) in [5, 5.41) is 6.34. The van der Waals surface area contributed by atoms with E-state index in [1.165, 1.54) is 23.4 Å². The lowest BCUT2D eigenvalue weighted by atomic mass is 10.1. The van der Waals surface area contributed by atoms with Gasteiger partial charge in [0.15, 0.2) is 0 Å². The van der Waals surface area contributed by atoms with E-state index in [9.17, 15) is 4.79 Å². The van der Waals surface area contributed by atoms with Gasteiger partial charge in [-0.15, -0.1) is 11.3 Å². The van der Waals surface area contributed by atoms with Crippen molar-refractivity contribution in [1.29, 1.82) is 0 Å². The number of thiazole rings is 1. The topological polar surface area (TPSA) is 42.0 Å². The zero-order chi connectivity index (χ0) is 17.4. The van der Waals surface area contributed by atoms with Crippen molar-refractivity contribution in [3.8, 4) is 11.3 Å². The lowest BCUT2D eigenvalue weighted by Crippen LogP contribution is -2.12. The number of hydrogen-bond acceptors (Lipinski definition) is 3. The van der Waals surface area contributed by atoms with Crippen molar-refractivity contribution in [2.24, 2.45) is 0 Å². The fourth-order valence-electron chi connectivity index (χ4n) is 2.88. The quantitative estimate of drug-likeness (QED) is 0.671. The van der Waals surface area contributed by atoms with Crippen LogP contribution in [0.15, 0.2) is 47.8 Å². The van der Waals surface area contributed by atoms with Gasteiger partial charge in [0.2, 0.25) is 0 Å². The monoisotopic (exact) mass is 348 g/mol. The number of carbonyl (C=O) groups excluding carboxylic acids is 1. The highest BCUT2D eigenvalue weighted by molar-refractivity contribution is 7.10. The fourth-order valence-corrected chi connectivity index (χ4v) is 3.88. The number of aromatic nitrogens is 1. The maximum Gasteiger partial charge on any atom is 0.255 e. The first-order valence-electron chi connectivity index (χ1n) is 8.54. The maximum absolute atomic E-state index is 12.5. The zero-order valence-corrected chi connectivity index (χ0v) is 15.2. The molecule has 4 heteroatoms. The Hall–Kier alpha value is -2.46. The van der Waals surface area contributed by atoms with Crippen LogP contribution in [0.25, 0.3) is 11.3 Å². The molecule has 1 fully saturated rings. The Morgan fingerprint density at radius 2 is 1.88 bits per heavy atom. The lowest BCUT2D eigenvalue weighted by Gasteiger charge is -2.09. The largest absolute Gasteiger partial charge is 0.322 e. The molecule has 0 saturated heterocycles. The van der Waals surface area contributed by atoms with Gasteiger partial charge in [-0.3, -0.25) is 4.79 Å². The van der Waals surface area contributed by atoms with Crippen LogP contribution in [0.2, 0.25) is 0 Å². The van der Waals surface area contributed by atoms with Gasteiger partial charge in [0, 0.05) is 28.1 Å². The van der Waals surface area contributed by atoms with Gasteiger partial charge in [0.05, 0.1) is 10.7 Å². The molecule has 1 N–H and O–H groups in total. The smallest absolute Gasteiger partial charge is 0.255 e. The van der Waals surface area contributed by atoms with Crippen LogP contribution in [0, 0.1) is 13.8 Å². The molecule has 1 amide bonds. The first kappa shape index (κ1) is 16.0. The molecule has 0 atom stereocenters. The Morgan fingerprint density at radius 1 is 1.12 bits per heavy atom. The molecule has 1 saturated carbocycles. The number of amides is 1. The maximum atomic E-state index is 12.5. The molecule has 0 aliphatic heterocycles. The first-order valence-corrected chi connectivity index (χ1v) is 9.42. The van der Waals surface area contributed by atoms with Crippen LogP contribution in [-0.2, 0) is 0 Å². The summed E-state index contributed by atoms with van der Waals surface area (Å²) in [7, 11) is 0. The van der Waals surface area contributed by atoms with Crippen molar-refractivity contribution in [3.05, 3.63) is 69.5 Å². The highest BCUT2D eigenvalue weighted by Gasteiger charge is 2.26. The molecule has 3 nitrogen and oxygen atoms in total. The Kier molecular flexibility index (Phi) is 4.14. The van der Waals surface area contributed by atoms with E-state index >= 15 is 0 Å². The van der Waals surface area contributed by atoms with Crippen LogP contribution in [0.3, 0.4) is 0 Å². The number of carbonyl (C=O) groups is 1. The standard InChI is InChI=1S/C21H20N2OS/c1-13-3-10-18(14(2)11-13)22-20(24)16-6-4-15(5-7-16)19-12-25-21(23-19)17-8-9-17/h3-7,10-12,17H,8-9H2,1-2H3,(H,22,24). The zero-order valence-electron chi connectivity index (χ0n) is 14.4. The summed E-state index contributed by atoms with van der Waals surface area (Å²) in [5.41, 5.74) is 5.84. The molecule has 1 heterocycles. The summed E-state index contributed by atoms with van der Waals surface area (Å²) in [5.74, 6) is 0.594. The van der Waals surface area contributed by atoms with Gasteiger partial charge in [-0.25, -0.2) is 4.98 Å². The minimum Gasteiger partial charge on any atom is -0.322 e. The third kappa shape index (κ3) is 3.49. The first-order chi connectivity index (χ1) is 12.1. The molecule has 1 aliphatic carbocycles. The number of hydrogen-bond donors (Lipinski definition) is 1. The predicted octanol–water partition coefficient (Wildman–Crippen LogP) is 5.56. The number of anilines is 1. The molecular weight excluding hydrogens is 328 g/mol. The van der Waals surface area contributed by atoms with Crippen LogP contribution in [0.4, 0.5) is 5.69 Å². The summed E-state index contributed by atoms with van der Waals surface area (Å²) in [6, 6.07) is 13.7. The number of rotatable bonds is 4. The van der Waals surface area contributed by atoms with Crippen LogP contribution in [-0.4, -0.2) is 10.9 Å². The second kappa shape index (κ2) is 6.45. The highest BCUT2D eigenvalue weighted by Crippen LogP contribution is 2.42. The molecular formula is C21H20N2OS. The SMILES string of the molecule is Cc1ccc(NC(=O)c2ccc(-c3csc(C4CC4)n3)cc2)c(C)c1. The second-order valence-corrected chi connectivity index (χ2v) is 7.58. The van der Waals surface area contributed by atoms with Crippen molar-refractivity contribution >= 4 is 22.9 Å². The molecule has 126 valence electrons. The molecule has 3 aromatic rings. The van der Waals surface area contributed by atoms with Crippen molar-refractivity contribution in [1.82, 2.24) is 4.98 Å². The number of nitrogens with one attached hydrogen (secondary N) is 1. The number of benzene rings is 2. The average Bonchev–Trinajstić information content (AvgIpc) is 3.34. The normalized spacial score (nSPS) is 13.7. The van der Waals surface area contributed by atoms with Crippen molar-refractivity contribution in [3.63, 3.8) is 0 Å². The Morgan fingerprint density at radius 3 is 2.56 bits per heavy atom. The van der Waals surface area contributed by atoms with E-state index in [0.29, 0.717) is 11.5 Å². The van der Waals surface area contributed by atoms with E-state index in [1.807, 2.05) is 50.2 Å². The molecule has 0 radical (unpaired) electrons. The number of aryl methyl sites for hydroxylation is 2. The summed E-state index contributed by atoms with van der Waals surface area (Å²) in [6.45, 7) is 4.05. The van der Waals surface area contributed by atoms with E-state index in [0.717, 1.165) is 22.5 Å². The summed E-state index contributed by atoms with van der Waals surface area (Å²) in [4.78, 5) is 17.2. The van der Waals surface area contributed by atoms with E-state index in [1.54, 1.807) is 11.3 Å². The summed E-state index contributed by atoms with van der Waals surface area (Å²) >= 11 is 1.74. The molecule has 0 bridgehead atoms. The van der Waals surface area contributed by atoms with Gasteiger partial charge in [0.25, 0.3) is 5.91 Å². The summed E-state index contributed by atoms with van der Waals surface area (Å²) < 4.78 is 0. The fraction of sp³-hybridized carbons (Fsp3) is 0.238. The highest BCUT2D eigenvalue weighted by atomic mass is 32.1. The van der Waals surface area contributed by atoms with Crippen LogP contribution in [0.5, 0.6) is 0 Å². The molecule has 2 aromatic carbocycles. The summed E-state index contributed by atoms with van der Waals surface area (Å²) in [6.07, 6.45) is 2.54. The Labute approximate surface area is 151 Å². The van der Waals surface area contributed by atoms with E-state index in [4.69, 9.17) is 4.98 Å². The molecule has 1 aliphatic rings. The molecule has 0 unspecified atom stereocenters. The molecule has 4 rings (SSSR count). The van der Waals surface area contributed by atoms with E-state index in [2.05, 4.69) is 16.8 Å². The predicted molar refractivity (Wildman–Crippen MR) is 103 cm³/mol. The Bertz CT molecular complexity index is 923. The molecule has 0 spiro atoms.